The minimum atomic E-state index is -0.0832. The lowest BCUT2D eigenvalue weighted by molar-refractivity contribution is 0.0604. The van der Waals surface area contributed by atoms with E-state index >= 15 is 0 Å². The van der Waals surface area contributed by atoms with Gasteiger partial charge in [0.1, 0.15) is 19.0 Å². The second-order valence-corrected chi connectivity index (χ2v) is 9.48. The Morgan fingerprint density at radius 1 is 1.09 bits per heavy atom. The minimum absolute atomic E-state index is 0.00499. The maximum Gasteiger partial charge on any atom is 0.254 e. The molecule has 9 heteroatoms. The highest BCUT2D eigenvalue weighted by Gasteiger charge is 2.32. The number of rotatable bonds is 3. The van der Waals surface area contributed by atoms with Gasteiger partial charge in [0.25, 0.3) is 5.91 Å². The molecule has 3 aliphatic heterocycles. The van der Waals surface area contributed by atoms with Gasteiger partial charge < -0.3 is 25.0 Å². The number of fused-ring (bicyclic) bond motifs is 2. The van der Waals surface area contributed by atoms with Gasteiger partial charge >= 0.3 is 0 Å². The fraction of sp³-hybridized carbons (Fsp3) is 0.480. The van der Waals surface area contributed by atoms with E-state index in [1.54, 1.807) is 6.07 Å². The number of nitrogens with zero attached hydrogens (tertiary/aromatic N) is 5. The molecule has 6 rings (SSSR count). The van der Waals surface area contributed by atoms with Gasteiger partial charge in [0, 0.05) is 49.1 Å². The number of anilines is 1. The van der Waals surface area contributed by atoms with E-state index in [2.05, 4.69) is 11.8 Å². The number of nitrogens with two attached hydrogens (primary N) is 1. The summed E-state index contributed by atoms with van der Waals surface area (Å²) >= 11 is 0. The predicted octanol–water partition coefficient (Wildman–Crippen LogP) is 2.71. The van der Waals surface area contributed by atoms with Crippen LogP contribution in [0.25, 0.3) is 5.65 Å². The van der Waals surface area contributed by atoms with Crippen molar-refractivity contribution in [2.45, 2.75) is 44.7 Å². The predicted molar refractivity (Wildman–Crippen MR) is 128 cm³/mol. The van der Waals surface area contributed by atoms with Crippen LogP contribution in [0, 0.1) is 6.92 Å². The van der Waals surface area contributed by atoms with Gasteiger partial charge in [-0.05, 0) is 50.8 Å². The highest BCUT2D eigenvalue weighted by molar-refractivity contribution is 5.95. The summed E-state index contributed by atoms with van der Waals surface area (Å²) in [5, 5.41) is 4.85. The number of carbonyl (C=O) groups excluding carboxylic acids is 1. The van der Waals surface area contributed by atoms with Crippen LogP contribution in [0.5, 0.6) is 11.5 Å². The zero-order valence-electron chi connectivity index (χ0n) is 19.4. The maximum atomic E-state index is 13.6. The van der Waals surface area contributed by atoms with Crippen LogP contribution in [0.4, 0.5) is 5.82 Å². The molecule has 3 aromatic rings. The molecule has 9 nitrogen and oxygen atoms in total. The Morgan fingerprint density at radius 3 is 2.76 bits per heavy atom. The van der Waals surface area contributed by atoms with E-state index in [1.165, 1.54) is 0 Å². The van der Waals surface area contributed by atoms with Crippen LogP contribution in [0.2, 0.25) is 0 Å². The standard InChI is InChI=1S/C25H30N6O3/c1-16-14-31-23(27-24(16)29-9-7-18(26)15-29)13-19(28-31)20-4-2-3-8-30(20)25(32)17-5-6-21-22(12-17)34-11-10-33-21/h5-6,12-14,18,20H,2-4,7-11,15,26H2,1H3/t18-,20-/m0/s1. The van der Waals surface area contributed by atoms with Crippen molar-refractivity contribution in [3.63, 3.8) is 0 Å². The number of ether oxygens (including phenoxy) is 2. The summed E-state index contributed by atoms with van der Waals surface area (Å²) in [7, 11) is 0. The molecule has 1 aromatic carbocycles. The van der Waals surface area contributed by atoms with E-state index in [1.807, 2.05) is 33.8 Å². The van der Waals surface area contributed by atoms with Gasteiger partial charge in [-0.1, -0.05) is 0 Å². The average molecular weight is 463 g/mol. The van der Waals surface area contributed by atoms with E-state index in [-0.39, 0.29) is 18.0 Å². The molecule has 5 heterocycles. The van der Waals surface area contributed by atoms with Crippen molar-refractivity contribution < 1.29 is 14.3 Å². The molecule has 0 radical (unpaired) electrons. The highest BCUT2D eigenvalue weighted by Crippen LogP contribution is 2.35. The summed E-state index contributed by atoms with van der Waals surface area (Å²) in [6, 6.07) is 7.58. The van der Waals surface area contributed by atoms with Crippen molar-refractivity contribution in [1.29, 1.82) is 0 Å². The summed E-state index contributed by atoms with van der Waals surface area (Å²) in [5.41, 5.74) is 9.48. The first-order valence-corrected chi connectivity index (χ1v) is 12.1. The first-order valence-electron chi connectivity index (χ1n) is 12.1. The number of hydrogen-bond donors (Lipinski definition) is 1. The Morgan fingerprint density at radius 2 is 1.94 bits per heavy atom. The summed E-state index contributed by atoms with van der Waals surface area (Å²) in [5.74, 6) is 2.29. The third-order valence-corrected chi connectivity index (χ3v) is 7.04. The lowest BCUT2D eigenvalue weighted by Crippen LogP contribution is -2.38. The molecule has 0 bridgehead atoms. The Bertz CT molecular complexity index is 1240. The van der Waals surface area contributed by atoms with Gasteiger partial charge in [0.15, 0.2) is 17.1 Å². The summed E-state index contributed by atoms with van der Waals surface area (Å²) in [6.45, 7) is 5.54. The number of piperidine rings is 1. The molecule has 178 valence electrons. The molecule has 2 N–H and O–H groups in total. The van der Waals surface area contributed by atoms with Gasteiger partial charge in [0.05, 0.1) is 11.7 Å². The van der Waals surface area contributed by atoms with Crippen molar-refractivity contribution in [3.05, 3.63) is 47.3 Å². The molecule has 1 amide bonds. The molecule has 2 atom stereocenters. The average Bonchev–Trinajstić information content (AvgIpc) is 3.48. The SMILES string of the molecule is Cc1cn2nc([C@@H]3CCCCN3C(=O)c3ccc4c(c3)OCCO4)cc2nc1N1CC[C@H](N)C1. The number of amides is 1. The number of aryl methyl sites for hydroxylation is 1. The Kier molecular flexibility index (Phi) is 5.28. The lowest BCUT2D eigenvalue weighted by Gasteiger charge is -2.35. The van der Waals surface area contributed by atoms with Crippen molar-refractivity contribution >= 4 is 17.4 Å². The normalized spacial score (nSPS) is 22.4. The minimum Gasteiger partial charge on any atom is -0.486 e. The third-order valence-electron chi connectivity index (χ3n) is 7.04. The first-order chi connectivity index (χ1) is 16.6. The van der Waals surface area contributed by atoms with Crippen molar-refractivity contribution in [1.82, 2.24) is 19.5 Å². The van der Waals surface area contributed by atoms with Gasteiger partial charge in [-0.25, -0.2) is 9.50 Å². The zero-order chi connectivity index (χ0) is 23.2. The van der Waals surface area contributed by atoms with Gasteiger partial charge in [0.2, 0.25) is 0 Å². The monoisotopic (exact) mass is 462 g/mol. The number of benzene rings is 1. The largest absolute Gasteiger partial charge is 0.486 e. The number of hydrogen-bond acceptors (Lipinski definition) is 7. The molecule has 0 spiro atoms. The maximum absolute atomic E-state index is 13.6. The van der Waals surface area contributed by atoms with Gasteiger partial charge in [-0.2, -0.15) is 5.10 Å². The summed E-state index contributed by atoms with van der Waals surface area (Å²) in [4.78, 5) is 22.7. The summed E-state index contributed by atoms with van der Waals surface area (Å²) < 4.78 is 13.1. The second-order valence-electron chi connectivity index (χ2n) is 9.48. The van der Waals surface area contributed by atoms with Crippen molar-refractivity contribution in [2.24, 2.45) is 5.73 Å². The van der Waals surface area contributed by atoms with Crippen LogP contribution in [0.3, 0.4) is 0 Å². The fourth-order valence-corrected chi connectivity index (χ4v) is 5.31. The van der Waals surface area contributed by atoms with E-state index in [4.69, 9.17) is 25.3 Å². The smallest absolute Gasteiger partial charge is 0.254 e. The van der Waals surface area contributed by atoms with Crippen LogP contribution >= 0.6 is 0 Å². The third kappa shape index (κ3) is 3.73. The van der Waals surface area contributed by atoms with Crippen LogP contribution < -0.4 is 20.1 Å². The summed E-state index contributed by atoms with van der Waals surface area (Å²) in [6.07, 6.45) is 5.94. The molecule has 3 aliphatic rings. The molecule has 0 aliphatic carbocycles. The second kappa shape index (κ2) is 8.47. The Balaban J connectivity index is 1.30. The molecular weight excluding hydrogens is 432 g/mol. The number of likely N-dealkylation sites (tertiary alicyclic amines) is 1. The zero-order valence-corrected chi connectivity index (χ0v) is 19.4. The molecule has 0 saturated carbocycles. The lowest BCUT2D eigenvalue weighted by atomic mass is 9.98. The molecule has 2 aromatic heterocycles. The molecule has 34 heavy (non-hydrogen) atoms. The van der Waals surface area contributed by atoms with Crippen molar-refractivity contribution in [3.8, 4) is 11.5 Å². The Hall–Kier alpha value is -3.33. The van der Waals surface area contributed by atoms with Crippen LogP contribution in [-0.2, 0) is 0 Å². The topological polar surface area (TPSA) is 98.2 Å². The highest BCUT2D eigenvalue weighted by atomic mass is 16.6. The molecular formula is C25H30N6O3. The van der Waals surface area contributed by atoms with Crippen molar-refractivity contribution in [2.75, 3.05) is 37.7 Å². The molecule has 2 saturated heterocycles. The van der Waals surface area contributed by atoms with Gasteiger partial charge in [-0.3, -0.25) is 4.79 Å². The quantitative estimate of drug-likeness (QED) is 0.639. The number of aromatic nitrogens is 3. The van der Waals surface area contributed by atoms with Gasteiger partial charge in [-0.15, -0.1) is 0 Å². The fourth-order valence-electron chi connectivity index (χ4n) is 5.31. The van der Waals surface area contributed by atoms with E-state index in [0.717, 1.165) is 61.5 Å². The molecule has 2 fully saturated rings. The Labute approximate surface area is 198 Å². The molecule has 0 unspecified atom stereocenters. The van der Waals surface area contributed by atoms with E-state index in [0.29, 0.717) is 36.8 Å². The van der Waals surface area contributed by atoms with Crippen LogP contribution in [0.1, 0.15) is 53.3 Å². The number of carbonyl (C=O) groups is 1. The van der Waals surface area contributed by atoms with E-state index < -0.39 is 0 Å². The van der Waals surface area contributed by atoms with Crippen LogP contribution in [-0.4, -0.2) is 64.3 Å². The van der Waals surface area contributed by atoms with E-state index in [9.17, 15) is 4.79 Å². The van der Waals surface area contributed by atoms with Crippen LogP contribution in [0.15, 0.2) is 30.5 Å². The first kappa shape index (κ1) is 21.2.